The first-order valence-electron chi connectivity index (χ1n) is 12.9. The SMILES string of the molecule is O=S(=O)(NCc1ccc(C2O[C@H](CSc3cccc[n+]3[O-])C[C@H](c3ccc(CO)cc3)O2)cc1)c1ccccc1. The van der Waals surface area contributed by atoms with Crippen LogP contribution >= 0.6 is 11.8 Å². The van der Waals surface area contributed by atoms with E-state index in [-0.39, 0.29) is 30.3 Å². The van der Waals surface area contributed by atoms with Gasteiger partial charge in [-0.2, -0.15) is 4.73 Å². The van der Waals surface area contributed by atoms with Crippen LogP contribution in [0, 0.1) is 5.21 Å². The standard InChI is InChI=1S/C30H30N2O6S2/c33-20-23-11-13-24(14-12-23)28-18-26(21-39-29-8-4-5-17-32(29)34)37-30(38-28)25-15-9-22(10-16-25)19-31-40(35,36)27-6-2-1-3-7-27/h1-17,26,28,30-31,33H,18-21H2/t26-,28+,30?/m0/s1. The first-order chi connectivity index (χ1) is 19.4. The molecular weight excluding hydrogens is 548 g/mol. The number of pyridine rings is 1. The third-order valence-corrected chi connectivity index (χ3v) is 9.16. The molecule has 3 aromatic carbocycles. The van der Waals surface area contributed by atoms with E-state index in [9.17, 15) is 18.7 Å². The van der Waals surface area contributed by atoms with Crippen molar-refractivity contribution in [3.05, 3.63) is 131 Å². The molecule has 208 valence electrons. The monoisotopic (exact) mass is 578 g/mol. The Morgan fingerprint density at radius 3 is 2.25 bits per heavy atom. The normalized spacial score (nSPS) is 19.4. The molecule has 4 aromatic rings. The molecule has 8 nitrogen and oxygen atoms in total. The van der Waals surface area contributed by atoms with Crippen LogP contribution in [0.2, 0.25) is 0 Å². The van der Waals surface area contributed by atoms with Crippen molar-refractivity contribution >= 4 is 21.8 Å². The molecule has 0 aliphatic carbocycles. The van der Waals surface area contributed by atoms with Crippen LogP contribution in [0.15, 0.2) is 113 Å². The Hall–Kier alpha value is -3.25. The van der Waals surface area contributed by atoms with Crippen LogP contribution < -0.4 is 9.45 Å². The van der Waals surface area contributed by atoms with Gasteiger partial charge in [-0.15, -0.1) is 0 Å². The molecule has 1 aliphatic rings. The van der Waals surface area contributed by atoms with E-state index in [2.05, 4.69) is 4.72 Å². The maximum atomic E-state index is 12.6. The van der Waals surface area contributed by atoms with Gasteiger partial charge < -0.3 is 19.8 Å². The highest BCUT2D eigenvalue weighted by Crippen LogP contribution is 2.39. The lowest BCUT2D eigenvalue weighted by Gasteiger charge is -2.36. The number of nitrogens with one attached hydrogen (secondary N) is 1. The van der Waals surface area contributed by atoms with Gasteiger partial charge in [0, 0.05) is 36.4 Å². The van der Waals surface area contributed by atoms with Crippen LogP contribution in [-0.2, 0) is 32.6 Å². The van der Waals surface area contributed by atoms with Gasteiger partial charge in [-0.05, 0) is 34.9 Å². The highest BCUT2D eigenvalue weighted by molar-refractivity contribution is 7.99. The van der Waals surface area contributed by atoms with E-state index in [4.69, 9.17) is 9.47 Å². The summed E-state index contributed by atoms with van der Waals surface area (Å²) in [5.41, 5.74) is 3.40. The Kier molecular flexibility index (Phi) is 9.15. The van der Waals surface area contributed by atoms with Crippen molar-refractivity contribution < 1.29 is 27.7 Å². The lowest BCUT2D eigenvalue weighted by Crippen LogP contribution is -2.32. The van der Waals surface area contributed by atoms with Crippen molar-refractivity contribution in [3.63, 3.8) is 0 Å². The lowest BCUT2D eigenvalue weighted by molar-refractivity contribution is -0.645. The number of sulfonamides is 1. The van der Waals surface area contributed by atoms with Gasteiger partial charge in [0.15, 0.2) is 12.5 Å². The highest BCUT2D eigenvalue weighted by Gasteiger charge is 2.32. The van der Waals surface area contributed by atoms with E-state index in [1.807, 2.05) is 54.6 Å². The third-order valence-electron chi connectivity index (χ3n) is 6.59. The zero-order valence-electron chi connectivity index (χ0n) is 21.6. The van der Waals surface area contributed by atoms with E-state index in [1.165, 1.54) is 18.0 Å². The topological polar surface area (TPSA) is 112 Å². The van der Waals surface area contributed by atoms with Crippen LogP contribution in [-0.4, -0.2) is 25.4 Å². The van der Waals surface area contributed by atoms with E-state index in [0.717, 1.165) is 27.0 Å². The first kappa shape index (κ1) is 28.3. The second kappa shape index (κ2) is 12.9. The summed E-state index contributed by atoms with van der Waals surface area (Å²) in [6, 6.07) is 28.7. The number of nitrogens with zero attached hydrogens (tertiary/aromatic N) is 1. The van der Waals surface area contributed by atoms with Crippen LogP contribution in [0.25, 0.3) is 0 Å². The van der Waals surface area contributed by atoms with E-state index < -0.39 is 16.3 Å². The van der Waals surface area contributed by atoms with Crippen LogP contribution in [0.3, 0.4) is 0 Å². The van der Waals surface area contributed by atoms with E-state index in [1.54, 1.807) is 42.5 Å². The number of aliphatic hydroxyl groups is 1. The molecule has 1 aromatic heterocycles. The van der Waals surface area contributed by atoms with Gasteiger partial charge in [-0.1, -0.05) is 78.5 Å². The molecule has 5 rings (SSSR count). The molecule has 1 aliphatic heterocycles. The molecule has 1 saturated heterocycles. The fraction of sp³-hybridized carbons (Fsp3) is 0.233. The second-order valence-corrected chi connectivity index (χ2v) is 12.2. The van der Waals surface area contributed by atoms with E-state index in [0.29, 0.717) is 17.2 Å². The Morgan fingerprint density at radius 1 is 0.875 bits per heavy atom. The zero-order chi connectivity index (χ0) is 28.0. The largest absolute Gasteiger partial charge is 0.618 e. The average Bonchev–Trinajstić information content (AvgIpc) is 3.00. The molecule has 0 saturated carbocycles. The number of ether oxygens (including phenoxy) is 2. The molecule has 2 N–H and O–H groups in total. The number of hydrogen-bond donors (Lipinski definition) is 2. The average molecular weight is 579 g/mol. The van der Waals surface area contributed by atoms with Gasteiger partial charge in [0.1, 0.15) is 0 Å². The van der Waals surface area contributed by atoms with Crippen LogP contribution in [0.1, 0.15) is 41.1 Å². The van der Waals surface area contributed by atoms with Gasteiger partial charge in [-0.3, -0.25) is 0 Å². The fourth-order valence-electron chi connectivity index (χ4n) is 4.38. The minimum atomic E-state index is -3.61. The van der Waals surface area contributed by atoms with Gasteiger partial charge in [0.25, 0.3) is 5.03 Å². The molecule has 3 atom stereocenters. The summed E-state index contributed by atoms with van der Waals surface area (Å²) in [4.78, 5) is 0.218. The zero-order valence-corrected chi connectivity index (χ0v) is 23.3. The Labute approximate surface area is 238 Å². The van der Waals surface area contributed by atoms with Crippen molar-refractivity contribution in [1.29, 1.82) is 0 Å². The summed E-state index contributed by atoms with van der Waals surface area (Å²) in [6.07, 6.45) is 0.997. The molecule has 2 heterocycles. The molecule has 40 heavy (non-hydrogen) atoms. The maximum Gasteiger partial charge on any atom is 0.251 e. The molecule has 10 heteroatoms. The maximum absolute atomic E-state index is 12.6. The molecule has 0 spiro atoms. The van der Waals surface area contributed by atoms with Gasteiger partial charge >= 0.3 is 0 Å². The van der Waals surface area contributed by atoms with Crippen molar-refractivity contribution in [2.75, 3.05) is 5.75 Å². The number of benzene rings is 3. The summed E-state index contributed by atoms with van der Waals surface area (Å²) in [6.45, 7) is 0.117. The predicted octanol–water partition coefficient (Wildman–Crippen LogP) is 4.63. The number of aromatic nitrogens is 1. The summed E-state index contributed by atoms with van der Waals surface area (Å²) < 4.78 is 41.3. The fourth-order valence-corrected chi connectivity index (χ4v) is 6.35. The van der Waals surface area contributed by atoms with Crippen molar-refractivity contribution in [1.82, 2.24) is 4.72 Å². The number of hydrogen-bond acceptors (Lipinski definition) is 7. The third kappa shape index (κ3) is 7.08. The summed E-state index contributed by atoms with van der Waals surface area (Å²) in [7, 11) is -3.61. The molecule has 0 radical (unpaired) electrons. The molecule has 0 amide bonds. The Bertz CT molecular complexity index is 1500. The minimum absolute atomic E-state index is 0.0308. The molecule has 0 bridgehead atoms. The molecule has 1 fully saturated rings. The van der Waals surface area contributed by atoms with Crippen molar-refractivity contribution in [2.45, 2.75) is 48.0 Å². The van der Waals surface area contributed by atoms with Crippen molar-refractivity contribution in [2.24, 2.45) is 0 Å². The Morgan fingerprint density at radius 2 is 1.55 bits per heavy atom. The van der Waals surface area contributed by atoms with Gasteiger partial charge in [-0.25, -0.2) is 13.1 Å². The summed E-state index contributed by atoms with van der Waals surface area (Å²) >= 11 is 1.44. The number of aliphatic hydroxyl groups excluding tert-OH is 1. The Balaban J connectivity index is 1.29. The minimum Gasteiger partial charge on any atom is -0.618 e. The smallest absolute Gasteiger partial charge is 0.251 e. The number of thioether (sulfide) groups is 1. The molecular formula is C30H30N2O6S2. The lowest BCUT2D eigenvalue weighted by atomic mass is 10.0. The quantitative estimate of drug-likeness (QED) is 0.160. The summed E-state index contributed by atoms with van der Waals surface area (Å²) in [5.74, 6) is 0.566. The summed E-state index contributed by atoms with van der Waals surface area (Å²) in [5, 5.41) is 22.1. The van der Waals surface area contributed by atoms with E-state index >= 15 is 0 Å². The first-order valence-corrected chi connectivity index (χ1v) is 15.3. The van der Waals surface area contributed by atoms with Gasteiger partial charge in [0.05, 0.1) is 23.7 Å². The highest BCUT2D eigenvalue weighted by atomic mass is 32.2. The van der Waals surface area contributed by atoms with Crippen LogP contribution in [0.5, 0.6) is 0 Å². The van der Waals surface area contributed by atoms with Crippen molar-refractivity contribution in [3.8, 4) is 0 Å². The molecule has 1 unspecified atom stereocenters. The van der Waals surface area contributed by atoms with Crippen LogP contribution in [0.4, 0.5) is 0 Å². The second-order valence-electron chi connectivity index (χ2n) is 9.41. The van der Waals surface area contributed by atoms with Gasteiger partial charge in [0.2, 0.25) is 10.0 Å². The predicted molar refractivity (Wildman–Crippen MR) is 151 cm³/mol. The number of rotatable bonds is 10.